The van der Waals surface area contributed by atoms with Crippen molar-refractivity contribution >= 4 is 18.0 Å². The summed E-state index contributed by atoms with van der Waals surface area (Å²) in [5.41, 5.74) is 0.0419. The summed E-state index contributed by atoms with van der Waals surface area (Å²) in [5.74, 6) is -2.31. The van der Waals surface area contributed by atoms with E-state index in [2.05, 4.69) is 0 Å². The fourth-order valence-corrected chi connectivity index (χ4v) is 3.01. The monoisotopic (exact) mass is 437 g/mol. The minimum Gasteiger partial charge on any atom is -0.508 e. The van der Waals surface area contributed by atoms with E-state index in [1.807, 2.05) is 18.2 Å². The lowest BCUT2D eigenvalue weighted by Gasteiger charge is -2.21. The van der Waals surface area contributed by atoms with Gasteiger partial charge in [0, 0.05) is 5.56 Å². The minimum absolute atomic E-state index is 0.00376. The Morgan fingerprint density at radius 3 is 2.28 bits per heavy atom. The minimum atomic E-state index is -1.25. The number of aromatic hydroxyl groups is 1. The van der Waals surface area contributed by atoms with Crippen LogP contribution in [0.25, 0.3) is 11.3 Å². The van der Waals surface area contributed by atoms with Gasteiger partial charge in [0.2, 0.25) is 0 Å². The summed E-state index contributed by atoms with van der Waals surface area (Å²) in [6.45, 7) is 5.04. The number of benzene rings is 2. The number of esters is 1. The van der Waals surface area contributed by atoms with Crippen molar-refractivity contribution in [3.8, 4) is 17.0 Å². The maximum absolute atomic E-state index is 13.0. The van der Waals surface area contributed by atoms with Crippen LogP contribution in [0.15, 0.2) is 60.7 Å². The Morgan fingerprint density at radius 2 is 1.66 bits per heavy atom. The van der Waals surface area contributed by atoms with Gasteiger partial charge in [-0.3, -0.25) is 0 Å². The van der Waals surface area contributed by atoms with Crippen LogP contribution in [0.5, 0.6) is 5.75 Å². The van der Waals surface area contributed by atoms with Gasteiger partial charge in [-0.05, 0) is 56.7 Å². The summed E-state index contributed by atoms with van der Waals surface area (Å²) in [6.07, 6.45) is -0.843. The standard InChI is InChI=1S/C24H23NO7/c1-24(2,3)32-23(30)25-19(16-11-17(21(27)28)13-18(26)12-16)9-10-20(25)22(29)31-14-15-7-5-4-6-8-15/h4-13,26H,14H2,1-3H3,(H,27,28). The molecule has 0 aliphatic carbocycles. The molecule has 1 aromatic heterocycles. The van der Waals surface area contributed by atoms with E-state index < -0.39 is 23.6 Å². The van der Waals surface area contributed by atoms with E-state index in [9.17, 15) is 24.6 Å². The zero-order valence-corrected chi connectivity index (χ0v) is 17.9. The van der Waals surface area contributed by atoms with Crippen molar-refractivity contribution in [2.75, 3.05) is 0 Å². The largest absolute Gasteiger partial charge is 0.508 e. The molecule has 0 radical (unpaired) electrons. The third-order valence-corrected chi connectivity index (χ3v) is 4.34. The van der Waals surface area contributed by atoms with E-state index in [0.29, 0.717) is 0 Å². The molecule has 0 spiro atoms. The molecule has 2 aromatic carbocycles. The number of phenolic OH excluding ortho intramolecular Hbond substituents is 1. The number of hydrogen-bond donors (Lipinski definition) is 2. The van der Waals surface area contributed by atoms with Crippen LogP contribution in [0.4, 0.5) is 4.79 Å². The van der Waals surface area contributed by atoms with Crippen molar-refractivity contribution in [3.05, 3.63) is 77.5 Å². The quantitative estimate of drug-likeness (QED) is 0.556. The first kappa shape index (κ1) is 22.6. The molecule has 0 unspecified atom stereocenters. The summed E-state index contributed by atoms with van der Waals surface area (Å²) in [6, 6.07) is 15.6. The zero-order chi connectivity index (χ0) is 23.5. The maximum Gasteiger partial charge on any atom is 0.419 e. The van der Waals surface area contributed by atoms with Gasteiger partial charge in [-0.25, -0.2) is 19.0 Å². The van der Waals surface area contributed by atoms with Gasteiger partial charge >= 0.3 is 18.0 Å². The molecule has 3 rings (SSSR count). The number of aromatic nitrogens is 1. The zero-order valence-electron chi connectivity index (χ0n) is 17.9. The Balaban J connectivity index is 2.03. The first-order chi connectivity index (χ1) is 15.0. The molecule has 0 saturated carbocycles. The Kier molecular flexibility index (Phi) is 6.34. The summed E-state index contributed by atoms with van der Waals surface area (Å²) >= 11 is 0. The molecule has 0 amide bonds. The molecule has 0 aliphatic heterocycles. The number of carboxylic acids is 1. The topological polar surface area (TPSA) is 115 Å². The highest BCUT2D eigenvalue weighted by Crippen LogP contribution is 2.29. The number of aromatic carboxylic acids is 1. The molecule has 166 valence electrons. The van der Waals surface area contributed by atoms with Crippen molar-refractivity contribution in [3.63, 3.8) is 0 Å². The second-order valence-corrected chi connectivity index (χ2v) is 8.06. The number of nitrogens with zero attached hydrogens (tertiary/aromatic N) is 1. The van der Waals surface area contributed by atoms with Gasteiger partial charge in [0.1, 0.15) is 23.7 Å². The molecule has 8 nitrogen and oxygen atoms in total. The van der Waals surface area contributed by atoms with Crippen LogP contribution < -0.4 is 0 Å². The van der Waals surface area contributed by atoms with Crippen molar-refractivity contribution < 1.29 is 34.1 Å². The van der Waals surface area contributed by atoms with Gasteiger partial charge in [-0.2, -0.15) is 0 Å². The molecule has 0 aliphatic rings. The molecule has 3 aromatic rings. The van der Waals surface area contributed by atoms with E-state index in [1.54, 1.807) is 32.9 Å². The summed E-state index contributed by atoms with van der Waals surface area (Å²) in [4.78, 5) is 37.2. The Morgan fingerprint density at radius 1 is 0.969 bits per heavy atom. The highest BCUT2D eigenvalue weighted by atomic mass is 16.6. The highest BCUT2D eigenvalue weighted by Gasteiger charge is 2.27. The van der Waals surface area contributed by atoms with Gasteiger partial charge in [-0.1, -0.05) is 30.3 Å². The molecule has 8 heteroatoms. The maximum atomic E-state index is 13.0. The predicted molar refractivity (Wildman–Crippen MR) is 116 cm³/mol. The molecule has 1 heterocycles. The van der Waals surface area contributed by atoms with Crippen molar-refractivity contribution in [2.45, 2.75) is 33.0 Å². The van der Waals surface area contributed by atoms with Gasteiger partial charge < -0.3 is 19.7 Å². The van der Waals surface area contributed by atoms with Crippen LogP contribution in [0, 0.1) is 0 Å². The lowest BCUT2D eigenvalue weighted by Crippen LogP contribution is -2.29. The second kappa shape index (κ2) is 8.97. The number of rotatable bonds is 5. The van der Waals surface area contributed by atoms with E-state index in [4.69, 9.17) is 9.47 Å². The fourth-order valence-electron chi connectivity index (χ4n) is 3.01. The first-order valence-electron chi connectivity index (χ1n) is 9.79. The van der Waals surface area contributed by atoms with Gasteiger partial charge in [0.25, 0.3) is 0 Å². The first-order valence-corrected chi connectivity index (χ1v) is 9.79. The number of hydrogen-bond acceptors (Lipinski definition) is 6. The lowest BCUT2D eigenvalue weighted by atomic mass is 10.1. The summed E-state index contributed by atoms with van der Waals surface area (Å²) in [5, 5.41) is 19.3. The number of carboxylic acid groups (broad SMARTS) is 1. The van der Waals surface area contributed by atoms with Gasteiger partial charge in [0.15, 0.2) is 0 Å². The highest BCUT2D eigenvalue weighted by molar-refractivity contribution is 5.96. The van der Waals surface area contributed by atoms with Crippen LogP contribution in [0.3, 0.4) is 0 Å². The van der Waals surface area contributed by atoms with Crippen LogP contribution in [-0.2, 0) is 16.1 Å². The van der Waals surface area contributed by atoms with E-state index >= 15 is 0 Å². The Bertz CT molecular complexity index is 1160. The third kappa shape index (κ3) is 5.34. The number of carbonyl (C=O) groups excluding carboxylic acids is 2. The van der Waals surface area contributed by atoms with E-state index in [-0.39, 0.29) is 34.9 Å². The lowest BCUT2D eigenvalue weighted by molar-refractivity contribution is 0.0416. The van der Waals surface area contributed by atoms with E-state index in [0.717, 1.165) is 16.2 Å². The number of ether oxygens (including phenoxy) is 2. The summed E-state index contributed by atoms with van der Waals surface area (Å²) < 4.78 is 11.8. The molecule has 0 bridgehead atoms. The predicted octanol–water partition coefficient (Wildman–Crippen LogP) is 4.70. The number of phenols is 1. The van der Waals surface area contributed by atoms with Gasteiger partial charge in [0.05, 0.1) is 11.3 Å². The van der Waals surface area contributed by atoms with Crippen LogP contribution >= 0.6 is 0 Å². The Hall–Kier alpha value is -4.07. The SMILES string of the molecule is CC(C)(C)OC(=O)n1c(C(=O)OCc2ccccc2)ccc1-c1cc(O)cc(C(=O)O)c1. The average molecular weight is 437 g/mol. The molecule has 0 fully saturated rings. The van der Waals surface area contributed by atoms with Crippen LogP contribution in [0.2, 0.25) is 0 Å². The smallest absolute Gasteiger partial charge is 0.419 e. The summed E-state index contributed by atoms with van der Waals surface area (Å²) in [7, 11) is 0. The molecule has 0 saturated heterocycles. The van der Waals surface area contributed by atoms with Crippen molar-refractivity contribution in [1.29, 1.82) is 0 Å². The Labute approximate surface area is 184 Å². The van der Waals surface area contributed by atoms with Gasteiger partial charge in [-0.15, -0.1) is 0 Å². The van der Waals surface area contributed by atoms with Crippen molar-refractivity contribution in [1.82, 2.24) is 4.57 Å². The van der Waals surface area contributed by atoms with Crippen LogP contribution in [0.1, 0.15) is 47.2 Å². The molecule has 32 heavy (non-hydrogen) atoms. The average Bonchev–Trinajstić information content (AvgIpc) is 3.16. The van der Waals surface area contributed by atoms with E-state index in [1.165, 1.54) is 24.3 Å². The number of carbonyl (C=O) groups is 3. The third-order valence-electron chi connectivity index (χ3n) is 4.34. The van der Waals surface area contributed by atoms with Crippen molar-refractivity contribution in [2.24, 2.45) is 0 Å². The molecule has 2 N–H and O–H groups in total. The second-order valence-electron chi connectivity index (χ2n) is 8.06. The molecular weight excluding hydrogens is 414 g/mol. The molecule has 0 atom stereocenters. The normalized spacial score (nSPS) is 11.1. The fraction of sp³-hybridized carbons (Fsp3) is 0.208. The van der Waals surface area contributed by atoms with Crippen LogP contribution in [-0.4, -0.2) is 38.4 Å². The molecular formula is C24H23NO7.